The van der Waals surface area contributed by atoms with Gasteiger partial charge < -0.3 is 10.1 Å². The molecule has 3 aromatic rings. The first-order chi connectivity index (χ1) is 13.1. The van der Waals surface area contributed by atoms with E-state index in [1.807, 2.05) is 31.2 Å². The zero-order valence-electron chi connectivity index (χ0n) is 16.2. The van der Waals surface area contributed by atoms with Gasteiger partial charge in [-0.25, -0.2) is 9.97 Å². The average Bonchev–Trinajstić information content (AvgIpc) is 3.25. The van der Waals surface area contributed by atoms with Crippen LogP contribution in [0.4, 0.5) is 11.5 Å². The third-order valence-electron chi connectivity index (χ3n) is 5.07. The van der Waals surface area contributed by atoms with Crippen LogP contribution in [0, 0.1) is 13.8 Å². The highest BCUT2D eigenvalue weighted by Gasteiger charge is 2.18. The Morgan fingerprint density at radius 1 is 1.11 bits per heavy atom. The van der Waals surface area contributed by atoms with Gasteiger partial charge in [-0.3, -0.25) is 4.90 Å². The SMILES string of the molecule is CCOc1ccc(Nc2nc(CN3CCCC3)nc3sc(C)c(C)c23)cc1. The predicted molar refractivity (Wildman–Crippen MR) is 112 cm³/mol. The summed E-state index contributed by atoms with van der Waals surface area (Å²) in [7, 11) is 0. The molecule has 1 aliphatic heterocycles. The molecular formula is C21H26N4OS. The molecule has 3 heterocycles. The quantitative estimate of drug-likeness (QED) is 0.647. The maximum absolute atomic E-state index is 5.54. The molecule has 1 aromatic carbocycles. The molecule has 1 fully saturated rings. The first-order valence-electron chi connectivity index (χ1n) is 9.63. The summed E-state index contributed by atoms with van der Waals surface area (Å²) in [6.45, 7) is 10.1. The molecule has 142 valence electrons. The first kappa shape index (κ1) is 18.2. The van der Waals surface area contributed by atoms with Crippen LogP contribution in [0.3, 0.4) is 0 Å². The van der Waals surface area contributed by atoms with E-state index in [1.54, 1.807) is 11.3 Å². The van der Waals surface area contributed by atoms with E-state index >= 15 is 0 Å². The topological polar surface area (TPSA) is 50.3 Å². The zero-order valence-corrected chi connectivity index (χ0v) is 17.0. The summed E-state index contributed by atoms with van der Waals surface area (Å²) in [6.07, 6.45) is 2.55. The van der Waals surface area contributed by atoms with Gasteiger partial charge in [-0.2, -0.15) is 0 Å². The molecule has 0 spiro atoms. The summed E-state index contributed by atoms with van der Waals surface area (Å²) < 4.78 is 5.54. The number of aromatic nitrogens is 2. The smallest absolute Gasteiger partial charge is 0.146 e. The summed E-state index contributed by atoms with van der Waals surface area (Å²) in [4.78, 5) is 14.6. The first-order valence-corrected chi connectivity index (χ1v) is 10.4. The zero-order chi connectivity index (χ0) is 18.8. The number of hydrogen-bond donors (Lipinski definition) is 1. The van der Waals surface area contributed by atoms with E-state index in [-0.39, 0.29) is 0 Å². The number of benzene rings is 1. The van der Waals surface area contributed by atoms with Crippen molar-refractivity contribution in [2.75, 3.05) is 25.0 Å². The van der Waals surface area contributed by atoms with Crippen LogP contribution in [0.5, 0.6) is 5.75 Å². The fraction of sp³-hybridized carbons (Fsp3) is 0.429. The van der Waals surface area contributed by atoms with Crippen LogP contribution >= 0.6 is 11.3 Å². The van der Waals surface area contributed by atoms with Gasteiger partial charge in [0.15, 0.2) is 0 Å². The third kappa shape index (κ3) is 3.92. The Morgan fingerprint density at radius 2 is 1.85 bits per heavy atom. The van der Waals surface area contributed by atoms with E-state index in [9.17, 15) is 0 Å². The minimum Gasteiger partial charge on any atom is -0.494 e. The molecule has 2 aromatic heterocycles. The Morgan fingerprint density at radius 3 is 2.56 bits per heavy atom. The van der Waals surface area contributed by atoms with Gasteiger partial charge in [0.1, 0.15) is 22.2 Å². The number of thiophene rings is 1. The van der Waals surface area contributed by atoms with Crippen molar-refractivity contribution in [3.63, 3.8) is 0 Å². The van der Waals surface area contributed by atoms with Crippen molar-refractivity contribution in [3.8, 4) is 5.75 Å². The van der Waals surface area contributed by atoms with Crippen molar-refractivity contribution in [2.24, 2.45) is 0 Å². The van der Waals surface area contributed by atoms with Crippen molar-refractivity contribution in [3.05, 3.63) is 40.5 Å². The van der Waals surface area contributed by atoms with Crippen molar-refractivity contribution >= 4 is 33.1 Å². The molecule has 1 N–H and O–H groups in total. The van der Waals surface area contributed by atoms with Crippen LogP contribution in [0.25, 0.3) is 10.2 Å². The second-order valence-electron chi connectivity index (χ2n) is 7.02. The summed E-state index contributed by atoms with van der Waals surface area (Å²) >= 11 is 1.75. The van der Waals surface area contributed by atoms with Gasteiger partial charge in [0.05, 0.1) is 18.5 Å². The highest BCUT2D eigenvalue weighted by Crippen LogP contribution is 2.35. The molecule has 27 heavy (non-hydrogen) atoms. The lowest BCUT2D eigenvalue weighted by atomic mass is 10.2. The fourth-order valence-electron chi connectivity index (χ4n) is 3.53. The van der Waals surface area contributed by atoms with Crippen LogP contribution in [0.1, 0.15) is 36.0 Å². The molecule has 0 radical (unpaired) electrons. The Kier molecular flexibility index (Phi) is 5.27. The Bertz CT molecular complexity index is 929. The number of aryl methyl sites for hydroxylation is 2. The Labute approximate surface area is 164 Å². The standard InChI is InChI=1S/C21H26N4OS/c1-4-26-17-9-7-16(8-10-17)22-20-19-14(2)15(3)27-21(19)24-18(23-20)13-25-11-5-6-12-25/h7-10H,4-6,11-13H2,1-3H3,(H,22,23,24). The molecule has 0 amide bonds. The molecule has 1 aliphatic rings. The van der Waals surface area contributed by atoms with E-state index in [1.165, 1.54) is 23.3 Å². The Balaban J connectivity index is 1.68. The highest BCUT2D eigenvalue weighted by atomic mass is 32.1. The van der Waals surface area contributed by atoms with E-state index in [0.29, 0.717) is 6.61 Å². The lowest BCUT2D eigenvalue weighted by molar-refractivity contribution is 0.323. The second-order valence-corrected chi connectivity index (χ2v) is 8.22. The molecule has 5 nitrogen and oxygen atoms in total. The number of nitrogens with one attached hydrogen (secondary N) is 1. The predicted octanol–water partition coefficient (Wildman–Crippen LogP) is 5.05. The monoisotopic (exact) mass is 382 g/mol. The van der Waals surface area contributed by atoms with E-state index in [4.69, 9.17) is 14.7 Å². The normalized spacial score (nSPS) is 14.8. The van der Waals surface area contributed by atoms with Crippen LogP contribution in [0.2, 0.25) is 0 Å². The van der Waals surface area contributed by atoms with Gasteiger partial charge in [-0.1, -0.05) is 0 Å². The summed E-state index contributed by atoms with van der Waals surface area (Å²) in [5.74, 6) is 2.69. The number of nitrogens with zero attached hydrogens (tertiary/aromatic N) is 3. The van der Waals surface area contributed by atoms with Gasteiger partial charge in [0.2, 0.25) is 0 Å². The highest BCUT2D eigenvalue weighted by molar-refractivity contribution is 7.18. The maximum Gasteiger partial charge on any atom is 0.146 e. The molecule has 0 aliphatic carbocycles. The van der Waals surface area contributed by atoms with Crippen LogP contribution in [-0.2, 0) is 6.54 Å². The summed E-state index contributed by atoms with van der Waals surface area (Å²) in [6, 6.07) is 8.05. The second kappa shape index (κ2) is 7.82. The number of likely N-dealkylation sites (tertiary alicyclic amines) is 1. The molecule has 4 rings (SSSR count). The van der Waals surface area contributed by atoms with Crippen LogP contribution < -0.4 is 10.1 Å². The number of rotatable bonds is 6. The number of ether oxygens (including phenoxy) is 1. The summed E-state index contributed by atoms with van der Waals surface area (Å²) in [5.41, 5.74) is 2.27. The van der Waals surface area contributed by atoms with E-state index in [2.05, 4.69) is 24.1 Å². The minimum atomic E-state index is 0.673. The van der Waals surface area contributed by atoms with Crippen LogP contribution in [-0.4, -0.2) is 34.6 Å². The van der Waals surface area contributed by atoms with Crippen molar-refractivity contribution < 1.29 is 4.74 Å². The largest absolute Gasteiger partial charge is 0.494 e. The van der Waals surface area contributed by atoms with Gasteiger partial charge in [0, 0.05) is 10.6 Å². The maximum atomic E-state index is 5.54. The lowest BCUT2D eigenvalue weighted by Crippen LogP contribution is -2.20. The Hall–Kier alpha value is -2.18. The van der Waals surface area contributed by atoms with Gasteiger partial charge in [0.25, 0.3) is 0 Å². The fourth-order valence-corrected chi connectivity index (χ4v) is 4.58. The molecule has 0 atom stereocenters. The molecule has 0 unspecified atom stereocenters. The molecule has 0 bridgehead atoms. The van der Waals surface area contributed by atoms with Crippen molar-refractivity contribution in [1.29, 1.82) is 0 Å². The molecular weight excluding hydrogens is 356 g/mol. The summed E-state index contributed by atoms with van der Waals surface area (Å²) in [5, 5.41) is 4.65. The third-order valence-corrected chi connectivity index (χ3v) is 6.17. The minimum absolute atomic E-state index is 0.673. The van der Waals surface area contributed by atoms with E-state index in [0.717, 1.165) is 52.9 Å². The van der Waals surface area contributed by atoms with Gasteiger partial charge >= 0.3 is 0 Å². The lowest BCUT2D eigenvalue weighted by Gasteiger charge is -2.15. The average molecular weight is 383 g/mol. The van der Waals surface area contributed by atoms with E-state index < -0.39 is 0 Å². The number of anilines is 2. The van der Waals surface area contributed by atoms with Crippen molar-refractivity contribution in [1.82, 2.24) is 14.9 Å². The molecule has 6 heteroatoms. The van der Waals surface area contributed by atoms with Gasteiger partial charge in [-0.15, -0.1) is 11.3 Å². The van der Waals surface area contributed by atoms with Gasteiger partial charge in [-0.05, 0) is 76.5 Å². The van der Waals surface area contributed by atoms with Crippen molar-refractivity contribution in [2.45, 2.75) is 40.2 Å². The number of fused-ring (bicyclic) bond motifs is 1. The number of hydrogen-bond acceptors (Lipinski definition) is 6. The molecule has 1 saturated heterocycles. The van der Waals surface area contributed by atoms with Crippen LogP contribution in [0.15, 0.2) is 24.3 Å². The molecule has 0 saturated carbocycles.